The zero-order valence-electron chi connectivity index (χ0n) is 9.77. The fourth-order valence-corrected chi connectivity index (χ4v) is 2.19. The van der Waals surface area contributed by atoms with Crippen molar-refractivity contribution in [3.05, 3.63) is 12.4 Å². The highest BCUT2D eigenvalue weighted by Crippen LogP contribution is 2.32. The van der Waals surface area contributed by atoms with Crippen molar-refractivity contribution in [3.8, 4) is 0 Å². The first kappa shape index (κ1) is 12.2. The molecule has 0 aliphatic carbocycles. The topological polar surface area (TPSA) is 119 Å². The van der Waals surface area contributed by atoms with Crippen LogP contribution >= 0.6 is 0 Å². The lowest BCUT2D eigenvalue weighted by Gasteiger charge is -2.13. The van der Waals surface area contributed by atoms with Gasteiger partial charge in [-0.15, -0.1) is 0 Å². The number of halogens is 1. The highest BCUT2D eigenvalue weighted by Gasteiger charge is 2.36. The summed E-state index contributed by atoms with van der Waals surface area (Å²) in [5.41, 5.74) is 5.93. The van der Waals surface area contributed by atoms with Crippen molar-refractivity contribution in [2.45, 2.75) is 24.9 Å². The van der Waals surface area contributed by atoms with E-state index in [1.807, 2.05) is 0 Å². The molecule has 1 saturated heterocycles. The summed E-state index contributed by atoms with van der Waals surface area (Å²) >= 11 is 0. The predicted octanol–water partition coefficient (Wildman–Crippen LogP) is -0.812. The van der Waals surface area contributed by atoms with Crippen molar-refractivity contribution < 1.29 is 19.3 Å². The Morgan fingerprint density at radius 1 is 1.53 bits per heavy atom. The number of fused-ring (bicyclic) bond motifs is 1. The number of anilines is 1. The van der Waals surface area contributed by atoms with Gasteiger partial charge in [0.25, 0.3) is 6.08 Å². The van der Waals surface area contributed by atoms with Gasteiger partial charge in [-0.3, -0.25) is 4.57 Å². The third-order valence-corrected chi connectivity index (χ3v) is 3.13. The van der Waals surface area contributed by atoms with Crippen LogP contribution in [-0.4, -0.2) is 48.5 Å². The molecule has 0 unspecified atom stereocenters. The number of nitrogen functional groups attached to an aromatic ring is 1. The number of rotatable bonds is 2. The maximum absolute atomic E-state index is 13.9. The smallest absolute Gasteiger partial charge is 0.293 e. The highest BCUT2D eigenvalue weighted by atomic mass is 19.1. The van der Waals surface area contributed by atoms with Crippen molar-refractivity contribution in [1.82, 2.24) is 19.5 Å². The third kappa shape index (κ3) is 1.82. The number of nitrogens with zero attached hydrogens (tertiary/aromatic N) is 4. The van der Waals surface area contributed by atoms with Gasteiger partial charge >= 0.3 is 0 Å². The van der Waals surface area contributed by atoms with Gasteiger partial charge in [0.1, 0.15) is 18.7 Å². The van der Waals surface area contributed by atoms with E-state index in [0.29, 0.717) is 0 Å². The lowest BCUT2D eigenvalue weighted by molar-refractivity contribution is -0.0464. The lowest BCUT2D eigenvalue weighted by atomic mass is 10.2. The predicted molar refractivity (Wildman–Crippen MR) is 61.3 cm³/mol. The van der Waals surface area contributed by atoms with E-state index < -0.39 is 24.5 Å². The Kier molecular flexibility index (Phi) is 2.81. The fraction of sp³-hybridized carbons (Fsp3) is 0.500. The molecule has 3 heterocycles. The van der Waals surface area contributed by atoms with E-state index in [2.05, 4.69) is 15.0 Å². The highest BCUT2D eigenvalue weighted by molar-refractivity contribution is 5.81. The maximum Gasteiger partial charge on any atom is 0.293 e. The largest absolute Gasteiger partial charge is 0.394 e. The van der Waals surface area contributed by atoms with Crippen LogP contribution in [0.5, 0.6) is 0 Å². The van der Waals surface area contributed by atoms with Crippen molar-refractivity contribution in [2.75, 3.05) is 12.3 Å². The van der Waals surface area contributed by atoms with Crippen molar-refractivity contribution in [3.63, 3.8) is 0 Å². The number of imidazole rings is 1. The quantitative estimate of drug-likeness (QED) is 0.610. The Labute approximate surface area is 106 Å². The zero-order valence-corrected chi connectivity index (χ0v) is 9.77. The van der Waals surface area contributed by atoms with Crippen LogP contribution in [0.15, 0.2) is 6.33 Å². The molecule has 2 aromatic rings. The number of aromatic nitrogens is 4. The Hall–Kier alpha value is -1.84. The number of aliphatic hydroxyl groups excluding tert-OH is 2. The van der Waals surface area contributed by atoms with E-state index in [1.54, 1.807) is 0 Å². The SMILES string of the molecule is Nc1ncnc2c1nc(F)n2[C@H]1C[C@H](O)[C@@H](CO)O1. The summed E-state index contributed by atoms with van der Waals surface area (Å²) in [5, 5.41) is 18.7. The molecule has 2 aromatic heterocycles. The van der Waals surface area contributed by atoms with E-state index >= 15 is 0 Å². The average Bonchev–Trinajstić information content (AvgIpc) is 2.90. The number of hydrogen-bond donors (Lipinski definition) is 3. The number of nitrogens with two attached hydrogens (primary N) is 1. The minimum Gasteiger partial charge on any atom is -0.394 e. The molecule has 0 spiro atoms. The summed E-state index contributed by atoms with van der Waals surface area (Å²) < 4.78 is 20.4. The summed E-state index contributed by atoms with van der Waals surface area (Å²) in [4.78, 5) is 11.3. The molecule has 8 nitrogen and oxygen atoms in total. The maximum atomic E-state index is 13.9. The van der Waals surface area contributed by atoms with Crippen molar-refractivity contribution in [2.24, 2.45) is 0 Å². The molecule has 9 heteroatoms. The summed E-state index contributed by atoms with van der Waals surface area (Å²) in [5.74, 6) is 0.0694. The minimum atomic E-state index is -0.869. The first-order chi connectivity index (χ1) is 9.11. The Morgan fingerprint density at radius 3 is 3.00 bits per heavy atom. The monoisotopic (exact) mass is 269 g/mol. The van der Waals surface area contributed by atoms with Crippen molar-refractivity contribution >= 4 is 17.0 Å². The van der Waals surface area contributed by atoms with Crippen LogP contribution in [0.3, 0.4) is 0 Å². The minimum absolute atomic E-state index is 0.0694. The number of aliphatic hydroxyl groups is 2. The Balaban J connectivity index is 2.06. The first-order valence-electron chi connectivity index (χ1n) is 5.70. The number of ether oxygens (including phenoxy) is 1. The molecule has 1 aliphatic rings. The van der Waals surface area contributed by atoms with Gasteiger partial charge in [-0.1, -0.05) is 0 Å². The van der Waals surface area contributed by atoms with E-state index in [-0.39, 0.29) is 30.0 Å². The second kappa shape index (κ2) is 4.37. The lowest BCUT2D eigenvalue weighted by Crippen LogP contribution is -2.24. The molecule has 19 heavy (non-hydrogen) atoms. The standard InChI is InChI=1S/C10H12FN5O3/c11-10-15-7-8(12)13-3-14-9(7)16(10)6-1-4(18)5(2-17)19-6/h3-6,17-18H,1-2H2,(H2,12,13,14)/t4-,5+,6+/m0/s1. The van der Waals surface area contributed by atoms with E-state index in [0.717, 1.165) is 4.57 Å². The molecule has 0 bridgehead atoms. The van der Waals surface area contributed by atoms with Gasteiger partial charge in [0.05, 0.1) is 12.7 Å². The van der Waals surface area contributed by atoms with Crippen LogP contribution < -0.4 is 5.73 Å². The van der Waals surface area contributed by atoms with Crippen LogP contribution in [0.2, 0.25) is 0 Å². The average molecular weight is 269 g/mol. The summed E-state index contributed by atoms with van der Waals surface area (Å²) in [6.45, 7) is -0.344. The Morgan fingerprint density at radius 2 is 2.32 bits per heavy atom. The van der Waals surface area contributed by atoms with E-state index in [9.17, 15) is 9.50 Å². The summed E-state index contributed by atoms with van der Waals surface area (Å²) in [7, 11) is 0. The van der Waals surface area contributed by atoms with Crippen LogP contribution in [0.4, 0.5) is 10.2 Å². The van der Waals surface area contributed by atoms with E-state index in [4.69, 9.17) is 15.6 Å². The first-order valence-corrected chi connectivity index (χ1v) is 5.70. The molecule has 1 aliphatic heterocycles. The summed E-state index contributed by atoms with van der Waals surface area (Å²) in [6, 6.07) is 0. The van der Waals surface area contributed by atoms with Gasteiger partial charge < -0.3 is 20.7 Å². The van der Waals surface area contributed by atoms with Gasteiger partial charge in [0.15, 0.2) is 17.0 Å². The molecule has 4 N–H and O–H groups in total. The van der Waals surface area contributed by atoms with Crippen LogP contribution in [0.25, 0.3) is 11.2 Å². The third-order valence-electron chi connectivity index (χ3n) is 3.13. The van der Waals surface area contributed by atoms with Gasteiger partial charge in [0.2, 0.25) is 0 Å². The van der Waals surface area contributed by atoms with Crippen LogP contribution in [0, 0.1) is 6.08 Å². The van der Waals surface area contributed by atoms with Crippen LogP contribution in [0.1, 0.15) is 12.6 Å². The normalized spacial score (nSPS) is 27.2. The molecule has 0 saturated carbocycles. The molecule has 1 fully saturated rings. The Bertz CT molecular complexity index is 618. The summed E-state index contributed by atoms with van der Waals surface area (Å²) in [6.07, 6.45) is -1.89. The van der Waals surface area contributed by atoms with Gasteiger partial charge in [-0.2, -0.15) is 9.37 Å². The molecule has 3 atom stereocenters. The molecular weight excluding hydrogens is 257 g/mol. The molecule has 0 radical (unpaired) electrons. The second-order valence-electron chi connectivity index (χ2n) is 4.30. The van der Waals surface area contributed by atoms with Gasteiger partial charge in [-0.25, -0.2) is 9.97 Å². The van der Waals surface area contributed by atoms with Crippen LogP contribution in [-0.2, 0) is 4.74 Å². The van der Waals surface area contributed by atoms with Gasteiger partial charge in [0, 0.05) is 6.42 Å². The second-order valence-corrected chi connectivity index (χ2v) is 4.30. The molecule has 0 aromatic carbocycles. The molecular formula is C10H12FN5O3. The number of hydrogen-bond acceptors (Lipinski definition) is 7. The molecule has 102 valence electrons. The van der Waals surface area contributed by atoms with Gasteiger partial charge in [-0.05, 0) is 0 Å². The zero-order chi connectivity index (χ0) is 13.6. The fourth-order valence-electron chi connectivity index (χ4n) is 2.19. The van der Waals surface area contributed by atoms with E-state index in [1.165, 1.54) is 6.33 Å². The molecule has 0 amide bonds. The van der Waals surface area contributed by atoms with Crippen molar-refractivity contribution in [1.29, 1.82) is 0 Å². The molecule has 3 rings (SSSR count).